The summed E-state index contributed by atoms with van der Waals surface area (Å²) in [6, 6.07) is 5.10. The molecule has 3 unspecified atom stereocenters. The fourth-order valence-corrected chi connectivity index (χ4v) is 2.54. The highest BCUT2D eigenvalue weighted by atomic mass is 16.5. The van der Waals surface area contributed by atoms with E-state index >= 15 is 0 Å². The summed E-state index contributed by atoms with van der Waals surface area (Å²) in [6.07, 6.45) is 0.895. The van der Waals surface area contributed by atoms with Crippen LogP contribution in [0.4, 0.5) is 5.69 Å². The molecule has 0 saturated carbocycles. The minimum absolute atomic E-state index is 0.0370. The summed E-state index contributed by atoms with van der Waals surface area (Å²) in [6.45, 7) is 3.65. The van der Waals surface area contributed by atoms with Crippen LogP contribution in [0.25, 0.3) is 0 Å². The van der Waals surface area contributed by atoms with Gasteiger partial charge in [0, 0.05) is 5.56 Å². The molecule has 3 rings (SSSR count). The molecule has 5 heteroatoms. The Balaban J connectivity index is 1.84. The average molecular weight is 275 g/mol. The molecule has 0 aliphatic carbocycles. The first-order valence-corrected chi connectivity index (χ1v) is 6.86. The molecule has 0 radical (unpaired) electrons. The molecular formula is C15H17NO4. The molecule has 0 spiro atoms. The van der Waals surface area contributed by atoms with Gasteiger partial charge in [-0.25, -0.2) is 0 Å². The highest BCUT2D eigenvalue weighted by Crippen LogP contribution is 2.32. The van der Waals surface area contributed by atoms with Crippen LogP contribution >= 0.6 is 0 Å². The van der Waals surface area contributed by atoms with Crippen molar-refractivity contribution < 1.29 is 19.1 Å². The average Bonchev–Trinajstić information content (AvgIpc) is 2.85. The highest BCUT2D eigenvalue weighted by molar-refractivity contribution is 6.03. The SMILES string of the molecule is CC1CCC(C(=O)c2ccc3c(c2)NC(=O)C(C)O3)O1. The summed E-state index contributed by atoms with van der Waals surface area (Å²) >= 11 is 0. The van der Waals surface area contributed by atoms with Crippen molar-refractivity contribution >= 4 is 17.4 Å². The number of Topliss-reactive ketones (excluding diaryl/α,β-unsaturated/α-hetero) is 1. The van der Waals surface area contributed by atoms with Gasteiger partial charge in [-0.3, -0.25) is 9.59 Å². The maximum Gasteiger partial charge on any atom is 0.265 e. The predicted molar refractivity (Wildman–Crippen MR) is 73.1 cm³/mol. The zero-order valence-corrected chi connectivity index (χ0v) is 11.5. The van der Waals surface area contributed by atoms with Crippen LogP contribution in [0.5, 0.6) is 5.75 Å². The first-order chi connectivity index (χ1) is 9.54. The molecule has 1 N–H and O–H groups in total. The van der Waals surface area contributed by atoms with Gasteiger partial charge in [0.2, 0.25) is 0 Å². The fourth-order valence-electron chi connectivity index (χ4n) is 2.54. The van der Waals surface area contributed by atoms with E-state index in [9.17, 15) is 9.59 Å². The van der Waals surface area contributed by atoms with Gasteiger partial charge in [0.15, 0.2) is 11.9 Å². The quantitative estimate of drug-likeness (QED) is 0.840. The third kappa shape index (κ3) is 2.29. The Morgan fingerprint density at radius 1 is 1.30 bits per heavy atom. The number of carbonyl (C=O) groups excluding carboxylic acids is 2. The number of fused-ring (bicyclic) bond motifs is 1. The van der Waals surface area contributed by atoms with Gasteiger partial charge in [-0.1, -0.05) is 0 Å². The van der Waals surface area contributed by atoms with E-state index in [1.165, 1.54) is 0 Å². The first-order valence-electron chi connectivity index (χ1n) is 6.86. The Morgan fingerprint density at radius 2 is 2.10 bits per heavy atom. The van der Waals surface area contributed by atoms with E-state index in [0.717, 1.165) is 12.8 Å². The number of hydrogen-bond acceptors (Lipinski definition) is 4. The van der Waals surface area contributed by atoms with Crippen LogP contribution in [-0.2, 0) is 9.53 Å². The number of anilines is 1. The molecule has 1 amide bonds. The summed E-state index contributed by atoms with van der Waals surface area (Å²) in [5, 5.41) is 2.75. The molecule has 106 valence electrons. The monoisotopic (exact) mass is 275 g/mol. The number of rotatable bonds is 2. The van der Waals surface area contributed by atoms with E-state index < -0.39 is 6.10 Å². The maximum absolute atomic E-state index is 12.3. The number of ether oxygens (including phenoxy) is 2. The molecule has 5 nitrogen and oxygen atoms in total. The van der Waals surface area contributed by atoms with Gasteiger partial charge in [-0.05, 0) is 44.9 Å². The zero-order valence-electron chi connectivity index (χ0n) is 11.5. The minimum atomic E-state index is -0.511. The van der Waals surface area contributed by atoms with Gasteiger partial charge < -0.3 is 14.8 Å². The maximum atomic E-state index is 12.3. The van der Waals surface area contributed by atoms with Crippen molar-refractivity contribution in [3.63, 3.8) is 0 Å². The van der Waals surface area contributed by atoms with Crippen molar-refractivity contribution in [1.29, 1.82) is 0 Å². The molecule has 0 aromatic heterocycles. The number of amides is 1. The molecule has 1 aromatic carbocycles. The Bertz CT molecular complexity index is 569. The van der Waals surface area contributed by atoms with Crippen LogP contribution in [-0.4, -0.2) is 30.0 Å². The Kier molecular flexibility index (Phi) is 3.22. The third-order valence-electron chi connectivity index (χ3n) is 3.72. The molecule has 1 fully saturated rings. The van der Waals surface area contributed by atoms with Crippen LogP contribution in [0.15, 0.2) is 18.2 Å². The van der Waals surface area contributed by atoms with Crippen LogP contribution in [0.2, 0.25) is 0 Å². The van der Waals surface area contributed by atoms with E-state index in [1.807, 2.05) is 6.92 Å². The lowest BCUT2D eigenvalue weighted by atomic mass is 10.0. The molecule has 20 heavy (non-hydrogen) atoms. The molecule has 0 bridgehead atoms. The van der Waals surface area contributed by atoms with Crippen LogP contribution in [0.3, 0.4) is 0 Å². The number of hydrogen-bond donors (Lipinski definition) is 1. The summed E-state index contributed by atoms with van der Waals surface area (Å²) in [5.74, 6) is 0.354. The topological polar surface area (TPSA) is 64.6 Å². The van der Waals surface area contributed by atoms with E-state index in [-0.39, 0.29) is 23.9 Å². The zero-order chi connectivity index (χ0) is 14.3. The number of nitrogens with one attached hydrogen (secondary N) is 1. The van der Waals surface area contributed by atoms with E-state index in [4.69, 9.17) is 9.47 Å². The molecule has 3 atom stereocenters. The number of benzene rings is 1. The second-order valence-corrected chi connectivity index (χ2v) is 5.34. The van der Waals surface area contributed by atoms with Gasteiger partial charge in [0.1, 0.15) is 11.9 Å². The van der Waals surface area contributed by atoms with Gasteiger partial charge in [-0.15, -0.1) is 0 Å². The summed E-state index contributed by atoms with van der Waals surface area (Å²) in [5.41, 5.74) is 1.09. The lowest BCUT2D eigenvalue weighted by molar-refractivity contribution is -0.122. The van der Waals surface area contributed by atoms with Crippen molar-refractivity contribution in [2.45, 2.75) is 45.0 Å². The second-order valence-electron chi connectivity index (χ2n) is 5.34. The summed E-state index contributed by atoms with van der Waals surface area (Å²) in [7, 11) is 0. The predicted octanol–water partition coefficient (Wildman–Crippen LogP) is 2.16. The standard InChI is InChI=1S/C15H17NO4/c1-8-3-5-13(19-8)14(17)10-4-6-12-11(7-10)16-15(18)9(2)20-12/h4,6-9,13H,3,5H2,1-2H3,(H,16,18). The Hall–Kier alpha value is -1.88. The van der Waals surface area contributed by atoms with Gasteiger partial charge in [0.25, 0.3) is 5.91 Å². The lowest BCUT2D eigenvalue weighted by Gasteiger charge is -2.23. The summed E-state index contributed by atoms with van der Waals surface area (Å²) < 4.78 is 11.1. The lowest BCUT2D eigenvalue weighted by Crippen LogP contribution is -2.34. The molecule has 2 aliphatic heterocycles. The van der Waals surface area contributed by atoms with Crippen LogP contribution < -0.4 is 10.1 Å². The molecule has 1 aromatic rings. The summed E-state index contributed by atoms with van der Waals surface area (Å²) in [4.78, 5) is 23.9. The van der Waals surface area contributed by atoms with Crippen molar-refractivity contribution in [2.24, 2.45) is 0 Å². The third-order valence-corrected chi connectivity index (χ3v) is 3.72. The number of carbonyl (C=O) groups is 2. The Labute approximate surface area is 117 Å². The Morgan fingerprint density at radius 3 is 2.80 bits per heavy atom. The molecule has 2 aliphatic rings. The first kappa shape index (κ1) is 13.1. The van der Waals surface area contributed by atoms with Crippen molar-refractivity contribution in [3.8, 4) is 5.75 Å². The largest absolute Gasteiger partial charge is 0.479 e. The van der Waals surface area contributed by atoms with Crippen molar-refractivity contribution in [1.82, 2.24) is 0 Å². The smallest absolute Gasteiger partial charge is 0.265 e. The molecule has 1 saturated heterocycles. The minimum Gasteiger partial charge on any atom is -0.479 e. The van der Waals surface area contributed by atoms with Gasteiger partial charge in [0.05, 0.1) is 11.8 Å². The molecular weight excluding hydrogens is 258 g/mol. The fraction of sp³-hybridized carbons (Fsp3) is 0.467. The normalized spacial score (nSPS) is 28.5. The van der Waals surface area contributed by atoms with Crippen molar-refractivity contribution in [2.75, 3.05) is 5.32 Å². The van der Waals surface area contributed by atoms with E-state index in [0.29, 0.717) is 17.0 Å². The highest BCUT2D eigenvalue weighted by Gasteiger charge is 2.30. The van der Waals surface area contributed by atoms with Crippen molar-refractivity contribution in [3.05, 3.63) is 23.8 Å². The van der Waals surface area contributed by atoms with Gasteiger partial charge in [-0.2, -0.15) is 0 Å². The van der Waals surface area contributed by atoms with E-state index in [1.54, 1.807) is 25.1 Å². The van der Waals surface area contributed by atoms with Crippen LogP contribution in [0, 0.1) is 0 Å². The van der Waals surface area contributed by atoms with Gasteiger partial charge >= 0.3 is 0 Å². The van der Waals surface area contributed by atoms with Crippen LogP contribution in [0.1, 0.15) is 37.0 Å². The van der Waals surface area contributed by atoms with E-state index in [2.05, 4.69) is 5.32 Å². The number of ketones is 1. The second kappa shape index (κ2) is 4.90. The molecule has 2 heterocycles.